The number of rotatable bonds is 10. The SMILES string of the molecule is O=C1C(=O)N(CC(O)COc2cccc3ccccc23)C(=O)C(=O)N1CC(O)COc1cccc2ccccc12. The third kappa shape index (κ3) is 5.49. The van der Waals surface area contributed by atoms with Gasteiger partial charge in [-0.3, -0.25) is 29.0 Å². The monoisotopic (exact) mass is 542 g/mol. The van der Waals surface area contributed by atoms with E-state index in [-0.39, 0.29) is 13.2 Å². The first-order valence-electron chi connectivity index (χ1n) is 12.6. The highest BCUT2D eigenvalue weighted by molar-refractivity contribution is 6.54. The van der Waals surface area contributed by atoms with E-state index in [1.54, 1.807) is 24.3 Å². The summed E-state index contributed by atoms with van der Waals surface area (Å²) in [5.74, 6) is -4.14. The number of aliphatic hydroxyl groups excluding tert-OH is 2. The molecule has 2 atom stereocenters. The van der Waals surface area contributed by atoms with Crippen LogP contribution in [0, 0.1) is 0 Å². The van der Waals surface area contributed by atoms with Crippen LogP contribution in [-0.4, -0.2) is 82.2 Å². The molecule has 4 aromatic carbocycles. The summed E-state index contributed by atoms with van der Waals surface area (Å²) in [7, 11) is 0. The average molecular weight is 543 g/mol. The lowest BCUT2D eigenvalue weighted by Crippen LogP contribution is -2.63. The molecule has 1 aliphatic rings. The van der Waals surface area contributed by atoms with Gasteiger partial charge in [-0.05, 0) is 22.9 Å². The predicted molar refractivity (Wildman–Crippen MR) is 144 cm³/mol. The number of fused-ring (bicyclic) bond motifs is 2. The second-order valence-corrected chi connectivity index (χ2v) is 9.33. The topological polar surface area (TPSA) is 134 Å². The number of piperazine rings is 1. The van der Waals surface area contributed by atoms with E-state index in [1.165, 1.54) is 0 Å². The molecule has 0 aromatic heterocycles. The summed E-state index contributed by atoms with van der Waals surface area (Å²) >= 11 is 0. The minimum atomic E-state index is -1.36. The average Bonchev–Trinajstić information content (AvgIpc) is 2.98. The lowest BCUT2D eigenvalue weighted by atomic mass is 10.1. The molecule has 2 N–H and O–H groups in total. The van der Waals surface area contributed by atoms with Gasteiger partial charge in [-0.2, -0.15) is 0 Å². The molecule has 0 saturated carbocycles. The smallest absolute Gasteiger partial charge is 0.319 e. The molecular formula is C30H26N2O8. The summed E-state index contributed by atoms with van der Waals surface area (Å²) in [5.41, 5.74) is 0. The van der Waals surface area contributed by atoms with Gasteiger partial charge in [-0.15, -0.1) is 0 Å². The van der Waals surface area contributed by atoms with Crippen molar-refractivity contribution in [3.63, 3.8) is 0 Å². The van der Waals surface area contributed by atoms with Gasteiger partial charge in [0.1, 0.15) is 36.9 Å². The van der Waals surface area contributed by atoms with E-state index in [2.05, 4.69) is 0 Å². The van der Waals surface area contributed by atoms with E-state index < -0.39 is 48.9 Å². The molecule has 0 radical (unpaired) electrons. The Morgan fingerprint density at radius 3 is 1.27 bits per heavy atom. The Balaban J connectivity index is 1.17. The van der Waals surface area contributed by atoms with E-state index in [0.717, 1.165) is 21.5 Å². The molecule has 2 unspecified atom stereocenters. The molecule has 4 aromatic rings. The molecule has 1 saturated heterocycles. The van der Waals surface area contributed by atoms with E-state index in [0.29, 0.717) is 21.3 Å². The van der Waals surface area contributed by atoms with Crippen LogP contribution in [0.25, 0.3) is 21.5 Å². The molecule has 4 amide bonds. The van der Waals surface area contributed by atoms with Crippen LogP contribution in [0.1, 0.15) is 0 Å². The molecule has 10 heteroatoms. The molecule has 1 heterocycles. The van der Waals surface area contributed by atoms with Crippen LogP contribution in [0.4, 0.5) is 0 Å². The number of aliphatic hydroxyl groups is 2. The molecule has 5 rings (SSSR count). The number of hydrogen-bond donors (Lipinski definition) is 2. The second-order valence-electron chi connectivity index (χ2n) is 9.33. The van der Waals surface area contributed by atoms with Crippen molar-refractivity contribution in [3.05, 3.63) is 84.9 Å². The Bertz CT molecular complexity index is 1450. The summed E-state index contributed by atoms with van der Waals surface area (Å²) in [6, 6.07) is 25.7. The highest BCUT2D eigenvalue weighted by atomic mass is 16.5. The van der Waals surface area contributed by atoms with Crippen LogP contribution >= 0.6 is 0 Å². The van der Waals surface area contributed by atoms with Crippen LogP contribution in [0.15, 0.2) is 84.9 Å². The van der Waals surface area contributed by atoms with Gasteiger partial charge in [-0.25, -0.2) is 0 Å². The first-order valence-corrected chi connectivity index (χ1v) is 12.6. The van der Waals surface area contributed by atoms with Crippen molar-refractivity contribution >= 4 is 45.2 Å². The Kier molecular flexibility index (Phi) is 7.72. The maximum absolute atomic E-state index is 12.7. The molecule has 0 bridgehead atoms. The van der Waals surface area contributed by atoms with Crippen LogP contribution in [0.5, 0.6) is 11.5 Å². The fourth-order valence-corrected chi connectivity index (χ4v) is 4.52. The number of β-amino-alcohol motifs (C(OH)–C–C–N with tert-alkyl or cyclic N) is 2. The number of carbonyl (C=O) groups excluding carboxylic acids is 4. The summed E-state index contributed by atoms with van der Waals surface area (Å²) in [4.78, 5) is 51.5. The Morgan fingerprint density at radius 1 is 0.525 bits per heavy atom. The number of nitrogens with zero attached hydrogens (tertiary/aromatic N) is 2. The van der Waals surface area contributed by atoms with Crippen molar-refractivity contribution in [1.29, 1.82) is 0 Å². The zero-order valence-corrected chi connectivity index (χ0v) is 21.3. The largest absolute Gasteiger partial charge is 0.490 e. The maximum Gasteiger partial charge on any atom is 0.319 e. The summed E-state index contributed by atoms with van der Waals surface area (Å²) in [6.45, 7) is -1.80. The quantitative estimate of drug-likeness (QED) is 0.229. The highest BCUT2D eigenvalue weighted by Crippen LogP contribution is 2.26. The number of ether oxygens (including phenoxy) is 2. The Morgan fingerprint density at radius 2 is 0.875 bits per heavy atom. The van der Waals surface area contributed by atoms with Gasteiger partial charge in [-0.1, -0.05) is 72.8 Å². The molecule has 10 nitrogen and oxygen atoms in total. The number of amides is 4. The van der Waals surface area contributed by atoms with E-state index in [9.17, 15) is 29.4 Å². The number of hydrogen-bond acceptors (Lipinski definition) is 8. The van der Waals surface area contributed by atoms with Crippen molar-refractivity contribution in [2.45, 2.75) is 12.2 Å². The number of carbonyl (C=O) groups is 4. The van der Waals surface area contributed by atoms with Crippen LogP contribution in [-0.2, 0) is 19.2 Å². The maximum atomic E-state index is 12.7. The van der Waals surface area contributed by atoms with Gasteiger partial charge in [0.15, 0.2) is 0 Å². The number of imide groups is 2. The molecule has 0 aliphatic carbocycles. The molecule has 1 aliphatic heterocycles. The lowest BCUT2D eigenvalue weighted by Gasteiger charge is -2.32. The van der Waals surface area contributed by atoms with Crippen LogP contribution < -0.4 is 9.47 Å². The molecule has 204 valence electrons. The van der Waals surface area contributed by atoms with Gasteiger partial charge in [0, 0.05) is 10.8 Å². The highest BCUT2D eigenvalue weighted by Gasteiger charge is 2.46. The summed E-state index contributed by atoms with van der Waals surface area (Å²) in [6.07, 6.45) is -2.72. The predicted octanol–water partition coefficient (Wildman–Crippen LogP) is 1.90. The Labute approximate surface area is 228 Å². The minimum Gasteiger partial charge on any atom is -0.490 e. The van der Waals surface area contributed by atoms with Gasteiger partial charge in [0.05, 0.1) is 13.1 Å². The molecule has 40 heavy (non-hydrogen) atoms. The zero-order chi connectivity index (χ0) is 28.2. The minimum absolute atomic E-state index is 0.290. The molecule has 1 fully saturated rings. The van der Waals surface area contributed by atoms with Crippen LogP contribution in [0.2, 0.25) is 0 Å². The zero-order valence-electron chi connectivity index (χ0n) is 21.3. The van der Waals surface area contributed by atoms with Gasteiger partial charge < -0.3 is 19.7 Å². The first-order chi connectivity index (χ1) is 19.3. The fourth-order valence-electron chi connectivity index (χ4n) is 4.52. The molecular weight excluding hydrogens is 516 g/mol. The van der Waals surface area contributed by atoms with Gasteiger partial charge >= 0.3 is 23.6 Å². The van der Waals surface area contributed by atoms with E-state index in [4.69, 9.17) is 9.47 Å². The second kappa shape index (κ2) is 11.5. The summed E-state index contributed by atoms with van der Waals surface area (Å²) < 4.78 is 11.4. The fraction of sp³-hybridized carbons (Fsp3) is 0.200. The van der Waals surface area contributed by atoms with Gasteiger partial charge in [0.25, 0.3) is 0 Å². The first kappa shape index (κ1) is 26.8. The molecule has 0 spiro atoms. The number of benzene rings is 4. The third-order valence-electron chi connectivity index (χ3n) is 6.49. The normalized spacial score (nSPS) is 15.6. The van der Waals surface area contributed by atoms with E-state index >= 15 is 0 Å². The van der Waals surface area contributed by atoms with Crippen molar-refractivity contribution < 1.29 is 38.9 Å². The standard InChI is InChI=1S/C30H26N2O8/c33-21(17-39-25-13-5-9-19-7-1-3-11-23(19)25)15-31-27(35)29(37)32(30(38)28(31)36)16-22(34)18-40-26-14-6-10-20-8-2-4-12-24(20)26/h1-14,21-22,33-34H,15-18H2. The Hall–Kier alpha value is -4.80. The van der Waals surface area contributed by atoms with Crippen LogP contribution in [0.3, 0.4) is 0 Å². The van der Waals surface area contributed by atoms with E-state index in [1.807, 2.05) is 60.7 Å². The van der Waals surface area contributed by atoms with Crippen molar-refractivity contribution in [2.75, 3.05) is 26.3 Å². The van der Waals surface area contributed by atoms with Crippen molar-refractivity contribution in [3.8, 4) is 11.5 Å². The lowest BCUT2D eigenvalue weighted by molar-refractivity contribution is -0.173. The summed E-state index contributed by atoms with van der Waals surface area (Å²) in [5, 5.41) is 24.4. The third-order valence-corrected chi connectivity index (χ3v) is 6.49. The van der Waals surface area contributed by atoms with Gasteiger partial charge in [0.2, 0.25) is 0 Å². The van der Waals surface area contributed by atoms with Crippen molar-refractivity contribution in [2.24, 2.45) is 0 Å². The van der Waals surface area contributed by atoms with Crippen molar-refractivity contribution in [1.82, 2.24) is 9.80 Å².